The highest BCUT2D eigenvalue weighted by Gasteiger charge is 2.27. The normalized spacial score (nSPS) is 16.3. The molecule has 0 radical (unpaired) electrons. The summed E-state index contributed by atoms with van der Waals surface area (Å²) in [6.45, 7) is 10.4. The summed E-state index contributed by atoms with van der Waals surface area (Å²) in [4.78, 5) is 0. The minimum absolute atomic E-state index is 0.102. The lowest BCUT2D eigenvalue weighted by molar-refractivity contribution is 0.0453. The highest BCUT2D eigenvalue weighted by atomic mass is 16.5. The molecule has 0 fully saturated rings. The maximum Gasteiger partial charge on any atom is 0.124 e. The molecule has 0 aliphatic rings. The third-order valence-electron chi connectivity index (χ3n) is 4.56. The summed E-state index contributed by atoms with van der Waals surface area (Å²) in [7, 11) is 0. The van der Waals surface area contributed by atoms with Crippen LogP contribution in [0.25, 0.3) is 0 Å². The van der Waals surface area contributed by atoms with E-state index in [4.69, 9.17) is 9.47 Å². The van der Waals surface area contributed by atoms with Crippen LogP contribution in [0, 0.1) is 6.92 Å². The summed E-state index contributed by atoms with van der Waals surface area (Å²) < 4.78 is 12.4. The van der Waals surface area contributed by atoms with Crippen LogP contribution in [0.2, 0.25) is 0 Å². The van der Waals surface area contributed by atoms with Gasteiger partial charge in [-0.3, -0.25) is 0 Å². The van der Waals surface area contributed by atoms with Gasteiger partial charge in [0.05, 0.1) is 0 Å². The van der Waals surface area contributed by atoms with E-state index < -0.39 is 5.60 Å². The zero-order chi connectivity index (χ0) is 18.2. The van der Waals surface area contributed by atoms with Crippen molar-refractivity contribution < 1.29 is 19.7 Å². The molecule has 24 heavy (non-hydrogen) atoms. The average molecular weight is 338 g/mol. The van der Waals surface area contributed by atoms with Gasteiger partial charge in [0.15, 0.2) is 0 Å². The molecule has 0 bridgehead atoms. The van der Waals surface area contributed by atoms with Gasteiger partial charge in [-0.2, -0.15) is 0 Å². The van der Waals surface area contributed by atoms with Gasteiger partial charge in [0.25, 0.3) is 0 Å². The Bertz CT molecular complexity index is 494. The Hall–Kier alpha value is -1.26. The van der Waals surface area contributed by atoms with Crippen LogP contribution in [-0.2, 0) is 0 Å². The molecule has 0 heterocycles. The molecule has 1 aromatic carbocycles. The molecule has 0 amide bonds. The molecule has 1 aromatic rings. The van der Waals surface area contributed by atoms with Gasteiger partial charge in [-0.05, 0) is 51.3 Å². The van der Waals surface area contributed by atoms with Gasteiger partial charge in [-0.1, -0.05) is 20.3 Å². The lowest BCUT2D eigenvalue weighted by Gasteiger charge is -2.32. The standard InChI is InChI=1S/C20H34O4/c1-6-8-20(5,10-12-22)24-18-14-16(3)13-17(15-18)23-19(4,7-2)9-11-21/h13-15,21-22H,6-12H2,1-5H3. The van der Waals surface area contributed by atoms with E-state index in [1.54, 1.807) is 0 Å². The number of rotatable bonds is 11. The molecule has 0 saturated heterocycles. The van der Waals surface area contributed by atoms with Gasteiger partial charge in [-0.15, -0.1) is 0 Å². The van der Waals surface area contributed by atoms with Crippen LogP contribution in [0.5, 0.6) is 11.5 Å². The maximum atomic E-state index is 9.33. The van der Waals surface area contributed by atoms with Crippen molar-refractivity contribution in [1.82, 2.24) is 0 Å². The second kappa shape index (κ2) is 9.28. The Morgan fingerprint density at radius 3 is 1.79 bits per heavy atom. The first-order valence-electron chi connectivity index (χ1n) is 9.01. The molecule has 0 aromatic heterocycles. The van der Waals surface area contributed by atoms with Gasteiger partial charge < -0.3 is 19.7 Å². The second-order valence-corrected chi connectivity index (χ2v) is 7.14. The van der Waals surface area contributed by atoms with Crippen LogP contribution in [0.4, 0.5) is 0 Å². The molecule has 4 nitrogen and oxygen atoms in total. The van der Waals surface area contributed by atoms with Crippen molar-refractivity contribution in [3.63, 3.8) is 0 Å². The number of ether oxygens (including phenoxy) is 2. The first kappa shape index (κ1) is 20.8. The zero-order valence-corrected chi connectivity index (χ0v) is 15.9. The Kier molecular flexibility index (Phi) is 8.04. The number of aryl methyl sites for hydroxylation is 1. The SMILES string of the molecule is CCCC(C)(CCO)Oc1cc(C)cc(OC(C)(CC)CCO)c1. The van der Waals surface area contributed by atoms with Crippen molar-refractivity contribution in [2.45, 2.75) is 77.9 Å². The van der Waals surface area contributed by atoms with Crippen LogP contribution < -0.4 is 9.47 Å². The summed E-state index contributed by atoms with van der Waals surface area (Å²) >= 11 is 0. The number of aliphatic hydroxyl groups is 2. The predicted molar refractivity (Wildman–Crippen MR) is 97.8 cm³/mol. The van der Waals surface area contributed by atoms with Crippen LogP contribution in [0.1, 0.15) is 65.4 Å². The minimum atomic E-state index is -0.391. The van der Waals surface area contributed by atoms with Gasteiger partial charge in [0, 0.05) is 32.1 Å². The van der Waals surface area contributed by atoms with Gasteiger partial charge in [-0.25, -0.2) is 0 Å². The monoisotopic (exact) mass is 338 g/mol. The van der Waals surface area contributed by atoms with Crippen molar-refractivity contribution in [3.8, 4) is 11.5 Å². The highest BCUT2D eigenvalue weighted by molar-refractivity contribution is 5.38. The molecule has 2 unspecified atom stereocenters. The van der Waals surface area contributed by atoms with Crippen LogP contribution in [0.15, 0.2) is 18.2 Å². The van der Waals surface area contributed by atoms with E-state index in [9.17, 15) is 10.2 Å². The molecule has 1 rings (SSSR count). The van der Waals surface area contributed by atoms with Crippen LogP contribution >= 0.6 is 0 Å². The van der Waals surface area contributed by atoms with Crippen LogP contribution in [-0.4, -0.2) is 34.6 Å². The van der Waals surface area contributed by atoms with Gasteiger partial charge >= 0.3 is 0 Å². The molecule has 2 N–H and O–H groups in total. The van der Waals surface area contributed by atoms with Gasteiger partial charge in [0.2, 0.25) is 0 Å². The predicted octanol–water partition coefficient (Wildman–Crippen LogP) is 4.24. The maximum absolute atomic E-state index is 9.33. The van der Waals surface area contributed by atoms with Crippen molar-refractivity contribution in [2.75, 3.05) is 13.2 Å². The molecule has 4 heteroatoms. The van der Waals surface area contributed by atoms with E-state index in [1.807, 2.05) is 39.0 Å². The zero-order valence-electron chi connectivity index (χ0n) is 15.9. The average Bonchev–Trinajstić information content (AvgIpc) is 2.46. The largest absolute Gasteiger partial charge is 0.487 e. The van der Waals surface area contributed by atoms with Gasteiger partial charge in [0.1, 0.15) is 22.7 Å². The smallest absolute Gasteiger partial charge is 0.124 e. The Labute approximate surface area is 146 Å². The fourth-order valence-corrected chi connectivity index (χ4v) is 2.93. The molecule has 0 aliphatic heterocycles. The Balaban J connectivity index is 3.00. The summed E-state index contributed by atoms with van der Waals surface area (Å²) in [5.41, 5.74) is 0.290. The van der Waals surface area contributed by atoms with E-state index >= 15 is 0 Å². The van der Waals surface area contributed by atoms with E-state index in [0.717, 1.165) is 36.3 Å². The topological polar surface area (TPSA) is 58.9 Å². The quantitative estimate of drug-likeness (QED) is 0.633. The molecule has 0 saturated carbocycles. The molecular formula is C20H34O4. The first-order valence-corrected chi connectivity index (χ1v) is 9.01. The fraction of sp³-hybridized carbons (Fsp3) is 0.700. The summed E-state index contributed by atoms with van der Waals surface area (Å²) in [5, 5.41) is 18.6. The Morgan fingerprint density at radius 2 is 1.33 bits per heavy atom. The van der Waals surface area contributed by atoms with E-state index in [0.29, 0.717) is 12.8 Å². The first-order chi connectivity index (χ1) is 11.3. The van der Waals surface area contributed by atoms with Crippen molar-refractivity contribution >= 4 is 0 Å². The van der Waals surface area contributed by atoms with E-state index in [2.05, 4.69) is 13.8 Å². The number of hydrogen-bond donors (Lipinski definition) is 2. The van der Waals surface area contributed by atoms with E-state index in [-0.39, 0.29) is 18.8 Å². The lowest BCUT2D eigenvalue weighted by Crippen LogP contribution is -2.34. The number of aliphatic hydroxyl groups excluding tert-OH is 2. The summed E-state index contributed by atoms with van der Waals surface area (Å²) in [6.07, 6.45) is 3.88. The van der Waals surface area contributed by atoms with E-state index in [1.165, 1.54) is 0 Å². The third kappa shape index (κ3) is 6.33. The highest BCUT2D eigenvalue weighted by Crippen LogP contribution is 2.32. The number of benzene rings is 1. The van der Waals surface area contributed by atoms with Crippen molar-refractivity contribution in [2.24, 2.45) is 0 Å². The molecule has 2 atom stereocenters. The lowest BCUT2D eigenvalue weighted by atomic mass is 9.96. The molecule has 138 valence electrons. The third-order valence-corrected chi connectivity index (χ3v) is 4.56. The molecular weight excluding hydrogens is 304 g/mol. The van der Waals surface area contributed by atoms with Crippen LogP contribution in [0.3, 0.4) is 0 Å². The fourth-order valence-electron chi connectivity index (χ4n) is 2.93. The molecule has 0 spiro atoms. The summed E-state index contributed by atoms with van der Waals surface area (Å²) in [6, 6.07) is 5.89. The molecule has 0 aliphatic carbocycles. The number of hydrogen-bond acceptors (Lipinski definition) is 4. The summed E-state index contributed by atoms with van der Waals surface area (Å²) in [5.74, 6) is 1.52. The Morgan fingerprint density at radius 1 is 0.833 bits per heavy atom. The second-order valence-electron chi connectivity index (χ2n) is 7.14. The van der Waals surface area contributed by atoms with Crippen molar-refractivity contribution in [3.05, 3.63) is 23.8 Å². The minimum Gasteiger partial charge on any atom is -0.487 e. The van der Waals surface area contributed by atoms with Crippen molar-refractivity contribution in [1.29, 1.82) is 0 Å².